The molecule has 0 unspecified atom stereocenters. The zero-order chi connectivity index (χ0) is 6.53. The molecule has 1 aromatic carbocycles. The van der Waals surface area contributed by atoms with Gasteiger partial charge in [0, 0.05) is 12.2 Å². The Labute approximate surface area is 60.4 Å². The first-order valence-corrected chi connectivity index (χ1v) is 3.22. The highest BCUT2D eigenvalue weighted by molar-refractivity contribution is 5.41. The van der Waals surface area contributed by atoms with E-state index in [9.17, 15) is 0 Å². The second-order valence-corrected chi connectivity index (χ2v) is 1.90. The molecule has 0 bridgehead atoms. The van der Waals surface area contributed by atoms with E-state index in [2.05, 4.69) is 24.4 Å². The lowest BCUT2D eigenvalue weighted by Crippen LogP contribution is -1.94. The average Bonchev–Trinajstić information content (AvgIpc) is 1.91. The molecule has 1 aromatic rings. The Morgan fingerprint density at radius 1 is 1.20 bits per heavy atom. The highest BCUT2D eigenvalue weighted by Crippen LogP contribution is 2.02. The van der Waals surface area contributed by atoms with Crippen molar-refractivity contribution in [2.45, 2.75) is 6.92 Å². The van der Waals surface area contributed by atoms with Gasteiger partial charge in [-0.3, -0.25) is 4.70 Å². The van der Waals surface area contributed by atoms with Gasteiger partial charge in [0.2, 0.25) is 0 Å². The largest absolute Gasteiger partial charge is 0.385 e. The van der Waals surface area contributed by atoms with Crippen molar-refractivity contribution in [3.63, 3.8) is 0 Å². The van der Waals surface area contributed by atoms with E-state index in [1.165, 1.54) is 5.69 Å². The molecule has 1 rings (SSSR count). The molecule has 0 saturated heterocycles. The number of nitrogens with one attached hydrogen (secondary N) is 1. The summed E-state index contributed by atoms with van der Waals surface area (Å²) in [6, 6.07) is 10.2. The second-order valence-electron chi connectivity index (χ2n) is 1.90. The molecular formula is C8H12FN. The van der Waals surface area contributed by atoms with Crippen LogP contribution in [0.1, 0.15) is 6.92 Å². The number of para-hydroxylation sites is 1. The Morgan fingerprint density at radius 2 is 1.80 bits per heavy atom. The van der Waals surface area contributed by atoms with Crippen molar-refractivity contribution in [1.82, 2.24) is 0 Å². The lowest BCUT2D eigenvalue weighted by atomic mass is 10.3. The summed E-state index contributed by atoms with van der Waals surface area (Å²) in [7, 11) is 0. The highest BCUT2D eigenvalue weighted by atomic mass is 19.0. The minimum Gasteiger partial charge on any atom is -0.385 e. The van der Waals surface area contributed by atoms with Gasteiger partial charge in [-0.15, -0.1) is 0 Å². The van der Waals surface area contributed by atoms with Gasteiger partial charge in [-0.25, -0.2) is 0 Å². The van der Waals surface area contributed by atoms with Crippen molar-refractivity contribution in [1.29, 1.82) is 0 Å². The molecule has 1 nitrogen and oxygen atoms in total. The Hall–Kier alpha value is -1.05. The van der Waals surface area contributed by atoms with Crippen molar-refractivity contribution in [2.75, 3.05) is 11.9 Å². The summed E-state index contributed by atoms with van der Waals surface area (Å²) in [6.45, 7) is 3.08. The lowest BCUT2D eigenvalue weighted by molar-refractivity contribution is 1.11. The van der Waals surface area contributed by atoms with E-state index < -0.39 is 0 Å². The van der Waals surface area contributed by atoms with E-state index in [1.54, 1.807) is 0 Å². The molecule has 1 N–H and O–H groups in total. The molecule has 0 heterocycles. The maximum Gasteiger partial charge on any atom is 0.0340 e. The lowest BCUT2D eigenvalue weighted by Gasteiger charge is -1.99. The van der Waals surface area contributed by atoms with Crippen molar-refractivity contribution < 1.29 is 4.70 Å². The standard InChI is InChI=1S/C8H11N.FH/c1-2-9-8-6-4-3-5-7-8;/h3-7,9H,2H2,1H3;1H. The summed E-state index contributed by atoms with van der Waals surface area (Å²) in [5.74, 6) is 0. The van der Waals surface area contributed by atoms with Gasteiger partial charge in [0.05, 0.1) is 0 Å². The van der Waals surface area contributed by atoms with Crippen LogP contribution in [-0.4, -0.2) is 6.54 Å². The molecule has 0 fully saturated rings. The number of benzene rings is 1. The van der Waals surface area contributed by atoms with Crippen LogP contribution in [0.3, 0.4) is 0 Å². The molecule has 0 saturated carbocycles. The monoisotopic (exact) mass is 141 g/mol. The molecule has 0 amide bonds. The predicted molar refractivity (Wildman–Crippen MR) is 43.1 cm³/mol. The van der Waals surface area contributed by atoms with Crippen LogP contribution in [0.25, 0.3) is 0 Å². The third-order valence-electron chi connectivity index (χ3n) is 1.15. The quantitative estimate of drug-likeness (QED) is 0.666. The van der Waals surface area contributed by atoms with E-state index in [1.807, 2.05) is 18.2 Å². The van der Waals surface area contributed by atoms with Gasteiger partial charge in [-0.1, -0.05) is 18.2 Å². The summed E-state index contributed by atoms with van der Waals surface area (Å²) in [4.78, 5) is 0. The van der Waals surface area contributed by atoms with Crippen LogP contribution >= 0.6 is 0 Å². The minimum atomic E-state index is 0. The number of hydrogen-bond donors (Lipinski definition) is 1. The molecule has 0 aliphatic carbocycles. The third kappa shape index (κ3) is 2.49. The van der Waals surface area contributed by atoms with E-state index in [4.69, 9.17) is 0 Å². The fourth-order valence-corrected chi connectivity index (χ4v) is 0.760. The van der Waals surface area contributed by atoms with Gasteiger partial charge in [-0.05, 0) is 19.1 Å². The van der Waals surface area contributed by atoms with E-state index >= 15 is 0 Å². The smallest absolute Gasteiger partial charge is 0.0340 e. The van der Waals surface area contributed by atoms with Gasteiger partial charge in [0.25, 0.3) is 0 Å². The summed E-state index contributed by atoms with van der Waals surface area (Å²) in [6.07, 6.45) is 0. The van der Waals surface area contributed by atoms with Crippen LogP contribution in [0.2, 0.25) is 0 Å². The van der Waals surface area contributed by atoms with Crippen LogP contribution in [0.4, 0.5) is 10.4 Å². The SMILES string of the molecule is CCNc1ccccc1.F. The molecule has 2 heteroatoms. The normalized spacial score (nSPS) is 8.10. The van der Waals surface area contributed by atoms with Crippen molar-refractivity contribution in [2.24, 2.45) is 0 Å². The summed E-state index contributed by atoms with van der Waals surface area (Å²) in [5.41, 5.74) is 1.19. The first-order chi connectivity index (χ1) is 4.43. The molecular weight excluding hydrogens is 129 g/mol. The van der Waals surface area contributed by atoms with Crippen molar-refractivity contribution >= 4 is 5.69 Å². The molecule has 0 atom stereocenters. The number of hydrogen-bond acceptors (Lipinski definition) is 1. The molecule has 10 heavy (non-hydrogen) atoms. The number of rotatable bonds is 2. The number of halogens is 1. The van der Waals surface area contributed by atoms with E-state index in [0.29, 0.717) is 0 Å². The van der Waals surface area contributed by atoms with Gasteiger partial charge < -0.3 is 5.32 Å². The Morgan fingerprint density at radius 3 is 2.30 bits per heavy atom. The third-order valence-corrected chi connectivity index (χ3v) is 1.15. The fraction of sp³-hybridized carbons (Fsp3) is 0.250. The van der Waals surface area contributed by atoms with Crippen molar-refractivity contribution in [3.8, 4) is 0 Å². The van der Waals surface area contributed by atoms with Gasteiger partial charge >= 0.3 is 0 Å². The van der Waals surface area contributed by atoms with Crippen LogP contribution in [0.5, 0.6) is 0 Å². The van der Waals surface area contributed by atoms with Gasteiger partial charge in [0.15, 0.2) is 0 Å². The van der Waals surface area contributed by atoms with Crippen molar-refractivity contribution in [3.05, 3.63) is 30.3 Å². The second kappa shape index (κ2) is 4.79. The number of anilines is 1. The summed E-state index contributed by atoms with van der Waals surface area (Å²) < 4.78 is 0. The maximum absolute atomic E-state index is 3.21. The highest BCUT2D eigenvalue weighted by Gasteiger charge is 1.81. The van der Waals surface area contributed by atoms with Gasteiger partial charge in [-0.2, -0.15) is 0 Å². The molecule has 0 spiro atoms. The average molecular weight is 141 g/mol. The molecule has 0 aliphatic heterocycles. The zero-order valence-electron chi connectivity index (χ0n) is 6.00. The first-order valence-electron chi connectivity index (χ1n) is 3.22. The van der Waals surface area contributed by atoms with Crippen LogP contribution in [-0.2, 0) is 0 Å². The van der Waals surface area contributed by atoms with Gasteiger partial charge in [0.1, 0.15) is 0 Å². The Balaban J connectivity index is 0.000000810. The summed E-state index contributed by atoms with van der Waals surface area (Å²) in [5, 5.41) is 3.21. The molecule has 0 aromatic heterocycles. The Kier molecular flexibility index (Phi) is 4.29. The predicted octanol–water partition coefficient (Wildman–Crippen LogP) is 2.27. The Bertz CT molecular complexity index is 162. The van der Waals surface area contributed by atoms with Crippen LogP contribution in [0.15, 0.2) is 30.3 Å². The maximum atomic E-state index is 3.21. The topological polar surface area (TPSA) is 12.0 Å². The first kappa shape index (κ1) is 8.95. The van der Waals surface area contributed by atoms with Crippen LogP contribution in [0, 0.1) is 0 Å². The summed E-state index contributed by atoms with van der Waals surface area (Å²) >= 11 is 0. The van der Waals surface area contributed by atoms with E-state index in [-0.39, 0.29) is 4.70 Å². The van der Waals surface area contributed by atoms with Crippen LogP contribution < -0.4 is 5.32 Å². The zero-order valence-corrected chi connectivity index (χ0v) is 6.00. The minimum absolute atomic E-state index is 0. The molecule has 0 radical (unpaired) electrons. The molecule has 0 aliphatic rings. The molecule has 56 valence electrons. The van der Waals surface area contributed by atoms with E-state index in [0.717, 1.165) is 6.54 Å². The fourth-order valence-electron chi connectivity index (χ4n) is 0.760.